The minimum absolute atomic E-state index is 0.00701. The molecule has 0 saturated heterocycles. The largest absolute Gasteiger partial charge is 0.396 e. The quantitative estimate of drug-likeness (QED) is 0.761. The van der Waals surface area contributed by atoms with Gasteiger partial charge in [-0.1, -0.05) is 13.8 Å². The van der Waals surface area contributed by atoms with Crippen molar-refractivity contribution < 1.29 is 23.1 Å². The zero-order chi connectivity index (χ0) is 16.0. The van der Waals surface area contributed by atoms with E-state index < -0.39 is 23.4 Å². The summed E-state index contributed by atoms with van der Waals surface area (Å²) in [5.74, 6) is -4.57. The molecule has 0 bridgehead atoms. The van der Waals surface area contributed by atoms with Crippen LogP contribution in [0.1, 0.15) is 37.0 Å². The number of hydrogen-bond acceptors (Lipinski definition) is 2. The Labute approximate surface area is 122 Å². The lowest BCUT2D eigenvalue weighted by molar-refractivity contribution is 0.0940. The molecule has 118 valence electrons. The summed E-state index contributed by atoms with van der Waals surface area (Å²) < 4.78 is 39.0. The number of aliphatic hydroxyl groups excluding tert-OH is 1. The highest BCUT2D eigenvalue weighted by molar-refractivity contribution is 5.94. The van der Waals surface area contributed by atoms with Gasteiger partial charge in [0.05, 0.1) is 0 Å². The minimum atomic E-state index is -1.59. The van der Waals surface area contributed by atoms with Gasteiger partial charge < -0.3 is 10.4 Å². The molecular weight excluding hydrogens is 283 g/mol. The lowest BCUT2D eigenvalue weighted by Crippen LogP contribution is -2.30. The van der Waals surface area contributed by atoms with Gasteiger partial charge in [-0.15, -0.1) is 0 Å². The van der Waals surface area contributed by atoms with E-state index in [2.05, 4.69) is 5.32 Å². The molecule has 0 radical (unpaired) electrons. The molecule has 0 aliphatic heterocycles. The first-order valence-electron chi connectivity index (χ1n) is 6.88. The summed E-state index contributed by atoms with van der Waals surface area (Å²) in [4.78, 5) is 11.8. The van der Waals surface area contributed by atoms with Gasteiger partial charge in [0.25, 0.3) is 5.91 Å². The third-order valence-electron chi connectivity index (χ3n) is 3.14. The smallest absolute Gasteiger partial charge is 0.251 e. The van der Waals surface area contributed by atoms with Crippen molar-refractivity contribution in [1.82, 2.24) is 5.32 Å². The Kier molecular flexibility index (Phi) is 6.68. The van der Waals surface area contributed by atoms with E-state index in [9.17, 15) is 18.0 Å². The van der Waals surface area contributed by atoms with Gasteiger partial charge >= 0.3 is 0 Å². The van der Waals surface area contributed by atoms with E-state index in [4.69, 9.17) is 5.11 Å². The molecular formula is C15H20F3NO2. The number of carbonyl (C=O) groups is 1. The van der Waals surface area contributed by atoms with Crippen molar-refractivity contribution in [3.8, 4) is 0 Å². The SMILES string of the molecule is CC(C)C[C@@H](CCO)CNC(=O)c1cc(F)c(F)c(F)c1. The number of halogens is 3. The third-order valence-corrected chi connectivity index (χ3v) is 3.14. The lowest BCUT2D eigenvalue weighted by atomic mass is 9.94. The van der Waals surface area contributed by atoms with Crippen molar-refractivity contribution in [3.63, 3.8) is 0 Å². The fraction of sp³-hybridized carbons (Fsp3) is 0.533. The van der Waals surface area contributed by atoms with Crippen LogP contribution in [0, 0.1) is 29.3 Å². The van der Waals surface area contributed by atoms with Crippen molar-refractivity contribution >= 4 is 5.91 Å². The van der Waals surface area contributed by atoms with E-state index >= 15 is 0 Å². The molecule has 0 spiro atoms. The number of amides is 1. The van der Waals surface area contributed by atoms with E-state index in [1.165, 1.54) is 0 Å². The maximum Gasteiger partial charge on any atom is 0.251 e. The molecule has 6 heteroatoms. The highest BCUT2D eigenvalue weighted by Crippen LogP contribution is 2.16. The monoisotopic (exact) mass is 303 g/mol. The topological polar surface area (TPSA) is 49.3 Å². The van der Waals surface area contributed by atoms with Crippen LogP contribution in [0.5, 0.6) is 0 Å². The van der Waals surface area contributed by atoms with E-state index in [0.717, 1.165) is 6.42 Å². The Morgan fingerprint density at radius 3 is 2.29 bits per heavy atom. The Morgan fingerprint density at radius 2 is 1.81 bits per heavy atom. The van der Waals surface area contributed by atoms with Crippen LogP contribution in [-0.4, -0.2) is 24.2 Å². The summed E-state index contributed by atoms with van der Waals surface area (Å²) in [6.07, 6.45) is 1.34. The van der Waals surface area contributed by atoms with Gasteiger partial charge in [0.1, 0.15) is 0 Å². The average molecular weight is 303 g/mol. The van der Waals surface area contributed by atoms with Gasteiger partial charge in [0.2, 0.25) is 0 Å². The molecule has 0 heterocycles. The van der Waals surface area contributed by atoms with Gasteiger partial charge in [0.15, 0.2) is 17.5 Å². The number of rotatable bonds is 7. The molecule has 0 fully saturated rings. The first kappa shape index (κ1) is 17.5. The molecule has 1 aromatic rings. The molecule has 1 rings (SSSR count). The fourth-order valence-electron chi connectivity index (χ4n) is 2.18. The predicted molar refractivity (Wildman–Crippen MR) is 73.3 cm³/mol. The van der Waals surface area contributed by atoms with Gasteiger partial charge in [-0.2, -0.15) is 0 Å². The Hall–Kier alpha value is -1.56. The van der Waals surface area contributed by atoms with Gasteiger partial charge in [-0.3, -0.25) is 4.79 Å². The van der Waals surface area contributed by atoms with E-state index in [-0.39, 0.29) is 24.6 Å². The Bertz CT molecular complexity index is 469. The second-order valence-corrected chi connectivity index (χ2v) is 5.47. The van der Waals surface area contributed by atoms with Crippen LogP contribution in [0.3, 0.4) is 0 Å². The van der Waals surface area contributed by atoms with Crippen LogP contribution in [0.25, 0.3) is 0 Å². The van der Waals surface area contributed by atoms with Crippen molar-refractivity contribution in [2.75, 3.05) is 13.2 Å². The Morgan fingerprint density at radius 1 is 1.24 bits per heavy atom. The highest BCUT2D eigenvalue weighted by Gasteiger charge is 2.17. The highest BCUT2D eigenvalue weighted by atomic mass is 19.2. The van der Waals surface area contributed by atoms with Crippen LogP contribution in [0.4, 0.5) is 13.2 Å². The average Bonchev–Trinajstić information content (AvgIpc) is 2.40. The Balaban J connectivity index is 2.68. The zero-order valence-corrected chi connectivity index (χ0v) is 12.1. The lowest BCUT2D eigenvalue weighted by Gasteiger charge is -2.18. The standard InChI is InChI=1S/C15H20F3NO2/c1-9(2)5-10(3-4-20)8-19-15(21)11-6-12(16)14(18)13(17)7-11/h6-7,9-10,20H,3-5,8H2,1-2H3,(H,19,21)/t10-/m1/s1. The summed E-state index contributed by atoms with van der Waals surface area (Å²) in [6.45, 7) is 4.35. The van der Waals surface area contributed by atoms with Crippen LogP contribution < -0.4 is 5.32 Å². The summed E-state index contributed by atoms with van der Waals surface area (Å²) in [5.41, 5.74) is -0.265. The summed E-state index contributed by atoms with van der Waals surface area (Å²) in [6, 6.07) is 1.33. The number of carbonyl (C=O) groups excluding carboxylic acids is 1. The number of hydrogen-bond donors (Lipinski definition) is 2. The summed E-state index contributed by atoms with van der Waals surface area (Å²) in [7, 11) is 0. The zero-order valence-electron chi connectivity index (χ0n) is 12.1. The maximum absolute atomic E-state index is 13.1. The molecule has 1 atom stereocenters. The van der Waals surface area contributed by atoms with Gasteiger partial charge in [-0.05, 0) is 36.8 Å². The molecule has 1 amide bonds. The fourth-order valence-corrected chi connectivity index (χ4v) is 2.18. The molecule has 0 unspecified atom stereocenters. The molecule has 0 aliphatic carbocycles. The van der Waals surface area contributed by atoms with Crippen LogP contribution in [0.2, 0.25) is 0 Å². The second-order valence-electron chi connectivity index (χ2n) is 5.47. The molecule has 0 saturated carbocycles. The third kappa shape index (κ3) is 5.38. The summed E-state index contributed by atoms with van der Waals surface area (Å²) in [5, 5.41) is 11.5. The maximum atomic E-state index is 13.1. The molecule has 3 nitrogen and oxygen atoms in total. The summed E-state index contributed by atoms with van der Waals surface area (Å²) >= 11 is 0. The van der Waals surface area contributed by atoms with Crippen molar-refractivity contribution in [3.05, 3.63) is 35.1 Å². The number of benzene rings is 1. The van der Waals surface area contributed by atoms with Crippen LogP contribution >= 0.6 is 0 Å². The van der Waals surface area contributed by atoms with Crippen molar-refractivity contribution in [1.29, 1.82) is 0 Å². The van der Waals surface area contributed by atoms with Crippen LogP contribution in [-0.2, 0) is 0 Å². The number of aliphatic hydroxyl groups is 1. The van der Waals surface area contributed by atoms with Gasteiger partial charge in [0, 0.05) is 18.7 Å². The minimum Gasteiger partial charge on any atom is -0.396 e. The van der Waals surface area contributed by atoms with Crippen molar-refractivity contribution in [2.45, 2.75) is 26.7 Å². The molecule has 21 heavy (non-hydrogen) atoms. The molecule has 0 aromatic heterocycles. The van der Waals surface area contributed by atoms with E-state index in [1.54, 1.807) is 0 Å². The first-order valence-corrected chi connectivity index (χ1v) is 6.88. The normalized spacial score (nSPS) is 12.5. The van der Waals surface area contributed by atoms with Crippen LogP contribution in [0.15, 0.2) is 12.1 Å². The van der Waals surface area contributed by atoms with E-state index in [1.807, 2.05) is 13.8 Å². The molecule has 1 aromatic carbocycles. The first-order chi connectivity index (χ1) is 9.85. The molecule has 0 aliphatic rings. The molecule has 2 N–H and O–H groups in total. The number of nitrogens with one attached hydrogen (secondary N) is 1. The van der Waals surface area contributed by atoms with Gasteiger partial charge in [-0.25, -0.2) is 13.2 Å². The second kappa shape index (κ2) is 8.02. The van der Waals surface area contributed by atoms with Crippen molar-refractivity contribution in [2.24, 2.45) is 11.8 Å². The predicted octanol–water partition coefficient (Wildman–Crippen LogP) is 2.88. The van der Waals surface area contributed by atoms with E-state index in [0.29, 0.717) is 24.5 Å².